The minimum absolute atomic E-state index is 0.0488. The maximum Gasteiger partial charge on any atom is 0.416 e. The number of halogens is 3. The van der Waals surface area contributed by atoms with Gasteiger partial charge in [0.15, 0.2) is 5.75 Å². The molecule has 1 aromatic carbocycles. The second-order valence-electron chi connectivity index (χ2n) is 7.96. The van der Waals surface area contributed by atoms with Crippen LogP contribution in [-0.2, 0) is 16.2 Å². The first-order valence-corrected chi connectivity index (χ1v) is 11.8. The molecule has 2 N–H and O–H groups in total. The fourth-order valence-electron chi connectivity index (χ4n) is 3.73. The molecule has 188 valence electrons. The third-order valence-electron chi connectivity index (χ3n) is 5.45. The summed E-state index contributed by atoms with van der Waals surface area (Å²) >= 11 is 0. The number of benzene rings is 1. The van der Waals surface area contributed by atoms with Gasteiger partial charge in [0.1, 0.15) is 11.9 Å². The summed E-state index contributed by atoms with van der Waals surface area (Å²) < 4.78 is 74.0. The second-order valence-corrected chi connectivity index (χ2v) is 9.64. The Hall–Kier alpha value is -4.13. The number of carbonyl (C=O) groups is 1. The Labute approximate surface area is 203 Å². The highest BCUT2D eigenvalue weighted by atomic mass is 32.2. The van der Waals surface area contributed by atoms with Crippen LogP contribution in [0.4, 0.5) is 18.9 Å². The van der Waals surface area contributed by atoms with Crippen molar-refractivity contribution < 1.29 is 35.9 Å². The van der Waals surface area contributed by atoms with Crippen LogP contribution in [0.2, 0.25) is 0 Å². The summed E-state index contributed by atoms with van der Waals surface area (Å²) in [6.45, 7) is 2.81. The number of anilines is 1. The molecule has 4 rings (SSSR count). The zero-order chi connectivity index (χ0) is 26.4. The molecule has 0 unspecified atom stereocenters. The van der Waals surface area contributed by atoms with E-state index in [2.05, 4.69) is 14.7 Å². The maximum absolute atomic E-state index is 13.6. The minimum atomic E-state index is -4.76. The number of hydrogen-bond acceptors (Lipinski definition) is 6. The first kappa shape index (κ1) is 25.0. The van der Waals surface area contributed by atoms with Crippen molar-refractivity contribution in [3.05, 3.63) is 82.1 Å². The number of hydrogen-bond donors (Lipinski definition) is 2. The minimum Gasteiger partial charge on any atom is -0.710 e. The molecule has 0 atom stereocenters. The molecule has 0 fully saturated rings. The number of carbonyl (C=O) groups excluding carboxylic acids is 1. The summed E-state index contributed by atoms with van der Waals surface area (Å²) in [7, 11) is -3.30. The van der Waals surface area contributed by atoms with Gasteiger partial charge in [-0.15, -0.1) is 0 Å². The molecular weight excluding hydrogens is 501 g/mol. The lowest BCUT2D eigenvalue weighted by atomic mass is 10.0. The Balaban J connectivity index is 1.83. The van der Waals surface area contributed by atoms with E-state index >= 15 is 0 Å². The predicted molar refractivity (Wildman–Crippen MR) is 123 cm³/mol. The smallest absolute Gasteiger partial charge is 0.416 e. The molecule has 0 radical (unpaired) electrons. The summed E-state index contributed by atoms with van der Waals surface area (Å²) in [6.07, 6.45) is -0.950. The molecule has 4 aromatic rings. The Bertz CT molecular complexity index is 1610. The van der Waals surface area contributed by atoms with Crippen LogP contribution in [0.15, 0.2) is 53.8 Å². The monoisotopic (exact) mass is 520 g/mol. The fourth-order valence-corrected chi connectivity index (χ4v) is 4.81. The van der Waals surface area contributed by atoms with Gasteiger partial charge in [0.2, 0.25) is 5.78 Å². The number of ether oxygens (including phenoxy) is 1. The van der Waals surface area contributed by atoms with Crippen LogP contribution in [-0.4, -0.2) is 31.3 Å². The van der Waals surface area contributed by atoms with Crippen LogP contribution >= 0.6 is 0 Å². The molecular formula is C23H19F3N4O5S. The van der Waals surface area contributed by atoms with Crippen molar-refractivity contribution in [1.82, 2.24) is 9.97 Å². The molecule has 0 saturated carbocycles. The SMILES string of the molecule is COc1c[n+]([O-])c2[nH]ccc2c1C(=O)c1ncc(C)cc1NS(=O)(=O)c1ccc(C)c(C(F)(F)F)c1. The van der Waals surface area contributed by atoms with E-state index in [1.54, 1.807) is 6.92 Å². The van der Waals surface area contributed by atoms with Gasteiger partial charge in [0.05, 0.1) is 40.4 Å². The van der Waals surface area contributed by atoms with Crippen LogP contribution in [0.5, 0.6) is 5.75 Å². The summed E-state index contributed by atoms with van der Waals surface area (Å²) in [4.78, 5) is 19.7. The number of rotatable bonds is 6. The highest BCUT2D eigenvalue weighted by molar-refractivity contribution is 7.92. The highest BCUT2D eigenvalue weighted by Crippen LogP contribution is 2.34. The van der Waals surface area contributed by atoms with Crippen LogP contribution in [0.1, 0.15) is 32.7 Å². The molecule has 0 aliphatic carbocycles. The lowest BCUT2D eigenvalue weighted by Crippen LogP contribution is -2.28. The van der Waals surface area contributed by atoms with Gasteiger partial charge in [-0.3, -0.25) is 14.5 Å². The largest absolute Gasteiger partial charge is 0.710 e. The van der Waals surface area contributed by atoms with Gasteiger partial charge < -0.3 is 9.94 Å². The van der Waals surface area contributed by atoms with E-state index in [-0.39, 0.29) is 39.3 Å². The molecule has 0 amide bonds. The van der Waals surface area contributed by atoms with Crippen molar-refractivity contribution in [2.24, 2.45) is 0 Å². The molecule has 0 saturated heterocycles. The predicted octanol–water partition coefficient (Wildman–Crippen LogP) is 3.87. The number of fused-ring (bicyclic) bond motifs is 1. The van der Waals surface area contributed by atoms with E-state index in [0.29, 0.717) is 16.4 Å². The molecule has 0 spiro atoms. The lowest BCUT2D eigenvalue weighted by molar-refractivity contribution is -0.579. The van der Waals surface area contributed by atoms with Crippen LogP contribution in [0.25, 0.3) is 11.0 Å². The second kappa shape index (κ2) is 8.82. The number of H-pyrrole nitrogens is 1. The number of sulfonamides is 1. The van der Waals surface area contributed by atoms with Crippen LogP contribution in [0, 0.1) is 19.1 Å². The van der Waals surface area contributed by atoms with Crippen molar-refractivity contribution in [2.75, 3.05) is 11.8 Å². The molecule has 0 aliphatic rings. The van der Waals surface area contributed by atoms with Gasteiger partial charge in [0, 0.05) is 6.20 Å². The van der Waals surface area contributed by atoms with Crippen molar-refractivity contribution in [2.45, 2.75) is 24.9 Å². The van der Waals surface area contributed by atoms with Crippen LogP contribution in [0.3, 0.4) is 0 Å². The standard InChI is InChI=1S/C23H19F3N4O5S/c1-12-8-17(29-36(33,34)14-5-4-13(2)16(9-14)23(24,25)26)20(28-10-12)21(31)19-15-6-7-27-22(15)30(32)11-18(19)35-3/h4-11,27,29H,1-3H3. The first-order valence-electron chi connectivity index (χ1n) is 10.3. The normalized spacial score (nSPS) is 12.1. The molecule has 9 nitrogen and oxygen atoms in total. The number of alkyl halides is 3. The highest BCUT2D eigenvalue weighted by Gasteiger charge is 2.34. The topological polar surface area (TPSA) is 128 Å². The van der Waals surface area contributed by atoms with E-state index in [0.717, 1.165) is 18.3 Å². The molecule has 3 aromatic heterocycles. The van der Waals surface area contributed by atoms with Gasteiger partial charge >= 0.3 is 6.18 Å². The molecule has 0 bridgehead atoms. The molecule has 3 heterocycles. The van der Waals surface area contributed by atoms with E-state index in [9.17, 15) is 31.6 Å². The molecule has 36 heavy (non-hydrogen) atoms. The Morgan fingerprint density at radius 2 is 1.92 bits per heavy atom. The van der Waals surface area contributed by atoms with Gasteiger partial charge in [-0.2, -0.15) is 13.2 Å². The third kappa shape index (κ3) is 4.44. The van der Waals surface area contributed by atoms with Gasteiger partial charge in [0.25, 0.3) is 15.7 Å². The Morgan fingerprint density at radius 3 is 2.58 bits per heavy atom. The number of aromatic nitrogens is 3. The number of methoxy groups -OCH3 is 1. The maximum atomic E-state index is 13.6. The summed E-state index contributed by atoms with van der Waals surface area (Å²) in [5, 5.41) is 12.4. The van der Waals surface area contributed by atoms with E-state index in [1.807, 2.05) is 0 Å². The molecule has 13 heteroatoms. The number of pyridine rings is 2. The van der Waals surface area contributed by atoms with Crippen molar-refractivity contribution in [1.29, 1.82) is 0 Å². The Morgan fingerprint density at radius 1 is 1.19 bits per heavy atom. The first-order chi connectivity index (χ1) is 16.8. The average molecular weight is 520 g/mol. The zero-order valence-corrected chi connectivity index (χ0v) is 19.9. The summed E-state index contributed by atoms with van der Waals surface area (Å²) in [5.74, 6) is -0.846. The van der Waals surface area contributed by atoms with Crippen molar-refractivity contribution in [3.8, 4) is 5.75 Å². The molecule has 0 aliphatic heterocycles. The Kier molecular flexibility index (Phi) is 6.12. The van der Waals surface area contributed by atoms with Crippen molar-refractivity contribution >= 4 is 32.5 Å². The quantitative estimate of drug-likeness (QED) is 0.226. The third-order valence-corrected chi connectivity index (χ3v) is 6.81. The van der Waals surface area contributed by atoms with Crippen LogP contribution < -0.4 is 14.2 Å². The van der Waals surface area contributed by atoms with Gasteiger partial charge in [-0.1, -0.05) is 6.07 Å². The number of aryl methyl sites for hydroxylation is 2. The average Bonchev–Trinajstić information content (AvgIpc) is 3.28. The lowest BCUT2D eigenvalue weighted by Gasteiger charge is -2.16. The van der Waals surface area contributed by atoms with Gasteiger partial charge in [-0.05, 0) is 49.2 Å². The number of aromatic amines is 1. The fraction of sp³-hybridized carbons (Fsp3) is 0.174. The van der Waals surface area contributed by atoms with Gasteiger partial charge in [-0.25, -0.2) is 18.1 Å². The zero-order valence-electron chi connectivity index (χ0n) is 19.1. The summed E-state index contributed by atoms with van der Waals surface area (Å²) in [6, 6.07) is 5.41. The number of nitrogens with one attached hydrogen (secondary N) is 2. The summed E-state index contributed by atoms with van der Waals surface area (Å²) in [5.41, 5.74) is -1.33. The van der Waals surface area contributed by atoms with Crippen molar-refractivity contribution in [3.63, 3.8) is 0 Å². The number of ketones is 1. The van der Waals surface area contributed by atoms with E-state index < -0.39 is 32.4 Å². The number of nitrogens with zero attached hydrogens (tertiary/aromatic N) is 2. The van der Waals surface area contributed by atoms with E-state index in [1.165, 1.54) is 38.6 Å². The van der Waals surface area contributed by atoms with E-state index in [4.69, 9.17) is 4.74 Å².